The van der Waals surface area contributed by atoms with Gasteiger partial charge in [0, 0.05) is 18.5 Å². The molecule has 2 nitrogen and oxygen atoms in total. The second-order valence-corrected chi connectivity index (χ2v) is 5.56. The van der Waals surface area contributed by atoms with Crippen LogP contribution < -0.4 is 0 Å². The summed E-state index contributed by atoms with van der Waals surface area (Å²) in [5.41, 5.74) is 2.57. The van der Waals surface area contributed by atoms with E-state index in [0.717, 1.165) is 5.15 Å². The minimum atomic E-state index is 0.100. The van der Waals surface area contributed by atoms with Gasteiger partial charge < -0.3 is 0 Å². The van der Waals surface area contributed by atoms with E-state index in [2.05, 4.69) is 25.9 Å². The standard InChI is InChI=1S/C11H17ClN2/c1-11(2,3)8-9(7-5-6-7)13-14(4)10(8)12/h7H,5-6H2,1-4H3. The van der Waals surface area contributed by atoms with Gasteiger partial charge in [0.15, 0.2) is 0 Å². The number of aromatic nitrogens is 2. The third kappa shape index (κ3) is 1.56. The lowest BCUT2D eigenvalue weighted by molar-refractivity contribution is 0.582. The summed E-state index contributed by atoms with van der Waals surface area (Å²) in [7, 11) is 1.92. The van der Waals surface area contributed by atoms with Crippen LogP contribution in [0.3, 0.4) is 0 Å². The molecule has 0 bridgehead atoms. The molecule has 0 unspecified atom stereocenters. The highest BCUT2D eigenvalue weighted by molar-refractivity contribution is 6.30. The van der Waals surface area contributed by atoms with Crippen molar-refractivity contribution in [3.8, 4) is 0 Å². The quantitative estimate of drug-likeness (QED) is 0.699. The van der Waals surface area contributed by atoms with Crippen molar-refractivity contribution in [2.45, 2.75) is 44.9 Å². The number of nitrogens with zero attached hydrogens (tertiary/aromatic N) is 2. The van der Waals surface area contributed by atoms with Crippen molar-refractivity contribution in [1.29, 1.82) is 0 Å². The van der Waals surface area contributed by atoms with Crippen LogP contribution in [0.15, 0.2) is 0 Å². The zero-order chi connectivity index (χ0) is 10.5. The van der Waals surface area contributed by atoms with Gasteiger partial charge in [-0.1, -0.05) is 32.4 Å². The Morgan fingerprint density at radius 3 is 2.36 bits per heavy atom. The van der Waals surface area contributed by atoms with E-state index >= 15 is 0 Å². The molecule has 1 saturated carbocycles. The van der Waals surface area contributed by atoms with E-state index in [4.69, 9.17) is 11.6 Å². The molecule has 1 aliphatic carbocycles. The third-order valence-electron chi connectivity index (χ3n) is 2.72. The first-order chi connectivity index (χ1) is 6.41. The molecule has 0 aromatic carbocycles. The molecule has 0 saturated heterocycles. The zero-order valence-corrected chi connectivity index (χ0v) is 10.0. The largest absolute Gasteiger partial charge is 0.256 e. The number of halogens is 1. The van der Waals surface area contributed by atoms with Crippen molar-refractivity contribution >= 4 is 11.6 Å². The van der Waals surface area contributed by atoms with Gasteiger partial charge in [0.05, 0.1) is 5.69 Å². The van der Waals surface area contributed by atoms with Gasteiger partial charge in [0.2, 0.25) is 0 Å². The average Bonchev–Trinajstić information content (AvgIpc) is 2.78. The van der Waals surface area contributed by atoms with Crippen molar-refractivity contribution in [1.82, 2.24) is 9.78 Å². The summed E-state index contributed by atoms with van der Waals surface area (Å²) in [4.78, 5) is 0. The molecule has 1 heterocycles. The summed E-state index contributed by atoms with van der Waals surface area (Å²) < 4.78 is 1.80. The Balaban J connectivity index is 2.54. The SMILES string of the molecule is Cn1nc(C2CC2)c(C(C)(C)C)c1Cl. The number of rotatable bonds is 1. The molecule has 0 N–H and O–H groups in total. The molecule has 0 amide bonds. The first-order valence-corrected chi connectivity index (χ1v) is 5.52. The van der Waals surface area contributed by atoms with Crippen molar-refractivity contribution in [3.63, 3.8) is 0 Å². The molecule has 1 aliphatic rings. The van der Waals surface area contributed by atoms with Gasteiger partial charge in [-0.05, 0) is 18.3 Å². The number of aryl methyl sites for hydroxylation is 1. The van der Waals surface area contributed by atoms with Gasteiger partial charge in [-0.25, -0.2) is 0 Å². The summed E-state index contributed by atoms with van der Waals surface area (Å²) in [5, 5.41) is 5.33. The van der Waals surface area contributed by atoms with Gasteiger partial charge in [0.1, 0.15) is 5.15 Å². The summed E-state index contributed by atoms with van der Waals surface area (Å²) in [5.74, 6) is 0.669. The zero-order valence-electron chi connectivity index (χ0n) is 9.26. The fraction of sp³-hybridized carbons (Fsp3) is 0.727. The average molecular weight is 213 g/mol. The van der Waals surface area contributed by atoms with Crippen molar-refractivity contribution in [3.05, 3.63) is 16.4 Å². The first kappa shape index (κ1) is 10.0. The first-order valence-electron chi connectivity index (χ1n) is 5.14. The molecular formula is C11H17ClN2. The second kappa shape index (κ2) is 2.99. The lowest BCUT2D eigenvalue weighted by Crippen LogP contribution is -2.13. The highest BCUT2D eigenvalue weighted by Gasteiger charge is 2.35. The normalized spacial score (nSPS) is 17.5. The van der Waals surface area contributed by atoms with E-state index < -0.39 is 0 Å². The van der Waals surface area contributed by atoms with Crippen molar-refractivity contribution < 1.29 is 0 Å². The van der Waals surface area contributed by atoms with Gasteiger partial charge in [-0.2, -0.15) is 5.10 Å². The fourth-order valence-electron chi connectivity index (χ4n) is 1.86. The molecule has 3 heteroatoms. The lowest BCUT2D eigenvalue weighted by atomic mass is 9.86. The molecule has 14 heavy (non-hydrogen) atoms. The van der Waals surface area contributed by atoms with E-state index in [1.807, 2.05) is 7.05 Å². The molecule has 0 atom stereocenters. The van der Waals surface area contributed by atoms with Crippen LogP contribution >= 0.6 is 11.6 Å². The van der Waals surface area contributed by atoms with E-state index in [1.54, 1.807) is 4.68 Å². The molecule has 2 rings (SSSR count). The Morgan fingerprint density at radius 1 is 1.36 bits per heavy atom. The molecular weight excluding hydrogens is 196 g/mol. The molecule has 0 aliphatic heterocycles. The van der Waals surface area contributed by atoms with E-state index in [1.165, 1.54) is 24.1 Å². The van der Waals surface area contributed by atoms with Gasteiger partial charge >= 0.3 is 0 Å². The number of hydrogen-bond acceptors (Lipinski definition) is 1. The molecule has 1 aromatic rings. The molecule has 0 spiro atoms. The lowest BCUT2D eigenvalue weighted by Gasteiger charge is -2.19. The predicted molar refractivity (Wildman–Crippen MR) is 58.9 cm³/mol. The molecule has 1 aromatic heterocycles. The van der Waals surface area contributed by atoms with Crippen LogP contribution in [-0.4, -0.2) is 9.78 Å². The van der Waals surface area contributed by atoms with Crippen LogP contribution in [0, 0.1) is 0 Å². The number of hydrogen-bond donors (Lipinski definition) is 0. The van der Waals surface area contributed by atoms with Gasteiger partial charge in [-0.3, -0.25) is 4.68 Å². The minimum Gasteiger partial charge on any atom is -0.256 e. The highest BCUT2D eigenvalue weighted by atomic mass is 35.5. The monoisotopic (exact) mass is 212 g/mol. The predicted octanol–water partition coefficient (Wildman–Crippen LogP) is 3.25. The Labute approximate surface area is 90.3 Å². The Bertz CT molecular complexity index is 356. The topological polar surface area (TPSA) is 17.8 Å². The molecule has 78 valence electrons. The van der Waals surface area contributed by atoms with Crippen molar-refractivity contribution in [2.75, 3.05) is 0 Å². The van der Waals surface area contributed by atoms with E-state index in [0.29, 0.717) is 5.92 Å². The van der Waals surface area contributed by atoms with Crippen LogP contribution in [0.1, 0.15) is 50.8 Å². The fourth-order valence-corrected chi connectivity index (χ4v) is 2.28. The highest BCUT2D eigenvalue weighted by Crippen LogP contribution is 2.45. The smallest absolute Gasteiger partial charge is 0.130 e. The Kier molecular flexibility index (Phi) is 2.15. The van der Waals surface area contributed by atoms with Crippen LogP contribution in [0.25, 0.3) is 0 Å². The summed E-state index contributed by atoms with van der Waals surface area (Å²) in [6.45, 7) is 6.59. The summed E-state index contributed by atoms with van der Waals surface area (Å²) in [6.07, 6.45) is 2.55. The van der Waals surface area contributed by atoms with Crippen LogP contribution in [0.5, 0.6) is 0 Å². The maximum absolute atomic E-state index is 6.27. The van der Waals surface area contributed by atoms with Gasteiger partial charge in [-0.15, -0.1) is 0 Å². The Hall–Kier alpha value is -0.500. The van der Waals surface area contributed by atoms with Crippen LogP contribution in [-0.2, 0) is 12.5 Å². The van der Waals surface area contributed by atoms with Crippen molar-refractivity contribution in [2.24, 2.45) is 7.05 Å². The minimum absolute atomic E-state index is 0.100. The second-order valence-electron chi connectivity index (χ2n) is 5.20. The van der Waals surface area contributed by atoms with E-state index in [9.17, 15) is 0 Å². The third-order valence-corrected chi connectivity index (χ3v) is 3.15. The Morgan fingerprint density at radius 2 is 1.93 bits per heavy atom. The summed E-state index contributed by atoms with van der Waals surface area (Å²) in [6, 6.07) is 0. The van der Waals surface area contributed by atoms with Crippen LogP contribution in [0.2, 0.25) is 5.15 Å². The van der Waals surface area contributed by atoms with Gasteiger partial charge in [0.25, 0.3) is 0 Å². The molecule has 0 radical (unpaired) electrons. The maximum Gasteiger partial charge on any atom is 0.130 e. The van der Waals surface area contributed by atoms with E-state index in [-0.39, 0.29) is 5.41 Å². The van der Waals surface area contributed by atoms with Crippen LogP contribution in [0.4, 0.5) is 0 Å². The maximum atomic E-state index is 6.27. The molecule has 1 fully saturated rings. The summed E-state index contributed by atoms with van der Waals surface area (Å²) >= 11 is 6.27.